The summed E-state index contributed by atoms with van der Waals surface area (Å²) < 4.78 is 0. The monoisotopic (exact) mass is 236 g/mol. The van der Waals surface area contributed by atoms with Crippen LogP contribution in [0.3, 0.4) is 0 Å². The number of hydrogen-bond donors (Lipinski definition) is 1. The highest BCUT2D eigenvalue weighted by molar-refractivity contribution is 7.10. The highest BCUT2D eigenvalue weighted by Crippen LogP contribution is 2.17. The molecule has 0 amide bonds. The van der Waals surface area contributed by atoms with Gasteiger partial charge in [0.05, 0.1) is 6.54 Å². The van der Waals surface area contributed by atoms with Crippen LogP contribution >= 0.6 is 11.3 Å². The zero-order chi connectivity index (χ0) is 12.0. The van der Waals surface area contributed by atoms with Gasteiger partial charge in [0, 0.05) is 28.4 Å². The van der Waals surface area contributed by atoms with Crippen LogP contribution in [0.15, 0.2) is 11.4 Å². The van der Waals surface area contributed by atoms with Crippen molar-refractivity contribution in [2.24, 2.45) is 5.73 Å². The molecule has 0 aliphatic carbocycles. The van der Waals surface area contributed by atoms with E-state index in [0.717, 1.165) is 18.7 Å². The van der Waals surface area contributed by atoms with Crippen LogP contribution in [0.4, 0.5) is 0 Å². The molecule has 0 unspecified atom stereocenters. The summed E-state index contributed by atoms with van der Waals surface area (Å²) in [4.78, 5) is 3.81. The van der Waals surface area contributed by atoms with Gasteiger partial charge < -0.3 is 5.73 Å². The first-order valence-corrected chi connectivity index (χ1v) is 6.55. The summed E-state index contributed by atoms with van der Waals surface area (Å²) in [7, 11) is 0. The Morgan fingerprint density at radius 3 is 2.81 bits per heavy atom. The van der Waals surface area contributed by atoms with Gasteiger partial charge in [0.15, 0.2) is 0 Å². The molecule has 0 aromatic carbocycles. The highest BCUT2D eigenvalue weighted by Gasteiger charge is 2.08. The third-order valence-electron chi connectivity index (χ3n) is 2.48. The molecule has 1 aromatic heterocycles. The number of nitrogens with zero attached hydrogens (tertiary/aromatic N) is 1. The number of thiophene rings is 1. The van der Waals surface area contributed by atoms with Crippen molar-refractivity contribution >= 4 is 11.3 Å². The van der Waals surface area contributed by atoms with Crippen LogP contribution in [0.25, 0.3) is 0 Å². The smallest absolute Gasteiger partial charge is 0.0555 e. The minimum atomic E-state index is 0.429. The van der Waals surface area contributed by atoms with Gasteiger partial charge in [0.25, 0.3) is 0 Å². The first kappa shape index (κ1) is 13.2. The van der Waals surface area contributed by atoms with E-state index in [1.54, 1.807) is 11.3 Å². The molecule has 1 rings (SSSR count). The summed E-state index contributed by atoms with van der Waals surface area (Å²) in [5.74, 6) is 5.94. The van der Waals surface area contributed by atoms with Crippen molar-refractivity contribution in [2.45, 2.75) is 33.4 Å². The molecular formula is C13H20N2S. The average Bonchev–Trinajstić information content (AvgIpc) is 2.70. The molecule has 0 atom stereocenters. The van der Waals surface area contributed by atoms with Gasteiger partial charge in [-0.2, -0.15) is 0 Å². The summed E-state index contributed by atoms with van der Waals surface area (Å²) >= 11 is 1.78. The van der Waals surface area contributed by atoms with Gasteiger partial charge in [-0.25, -0.2) is 0 Å². The summed E-state index contributed by atoms with van der Waals surface area (Å²) in [5, 5.41) is 2.10. The van der Waals surface area contributed by atoms with Crippen LogP contribution in [0, 0.1) is 11.8 Å². The van der Waals surface area contributed by atoms with E-state index in [2.05, 4.69) is 49.0 Å². The predicted octanol–water partition coefficient (Wildman–Crippen LogP) is 2.29. The Hall–Kier alpha value is -0.820. The first-order chi connectivity index (χ1) is 7.67. The summed E-state index contributed by atoms with van der Waals surface area (Å²) in [5.41, 5.74) is 6.43. The van der Waals surface area contributed by atoms with Crippen LogP contribution in [-0.2, 0) is 6.54 Å². The lowest BCUT2D eigenvalue weighted by atomic mass is 10.2. The average molecular weight is 236 g/mol. The molecule has 1 aromatic rings. The van der Waals surface area contributed by atoms with Crippen LogP contribution in [0.2, 0.25) is 0 Å². The molecule has 88 valence electrons. The largest absolute Gasteiger partial charge is 0.320 e. The molecule has 16 heavy (non-hydrogen) atoms. The third kappa shape index (κ3) is 3.97. The highest BCUT2D eigenvalue weighted by atomic mass is 32.1. The zero-order valence-electron chi connectivity index (χ0n) is 10.3. The van der Waals surface area contributed by atoms with Gasteiger partial charge in [0.2, 0.25) is 0 Å². The minimum absolute atomic E-state index is 0.429. The SMILES string of the molecule is CCN(Cc1cc(C#CCN)cs1)C(C)C. The molecule has 1 heterocycles. The summed E-state index contributed by atoms with van der Waals surface area (Å²) in [6, 6.07) is 2.75. The fourth-order valence-corrected chi connectivity index (χ4v) is 2.38. The lowest BCUT2D eigenvalue weighted by Crippen LogP contribution is -2.29. The molecule has 0 bridgehead atoms. The Kier molecular flexibility index (Phi) is 5.54. The molecule has 0 spiro atoms. The maximum absolute atomic E-state index is 5.35. The molecule has 0 saturated heterocycles. The van der Waals surface area contributed by atoms with Crippen LogP contribution in [-0.4, -0.2) is 24.0 Å². The lowest BCUT2D eigenvalue weighted by Gasteiger charge is -2.23. The maximum Gasteiger partial charge on any atom is 0.0555 e. The second-order valence-corrected chi connectivity index (χ2v) is 4.96. The molecule has 0 radical (unpaired) electrons. The van der Waals surface area contributed by atoms with E-state index < -0.39 is 0 Å². The Balaban J connectivity index is 2.64. The van der Waals surface area contributed by atoms with Gasteiger partial charge in [0.1, 0.15) is 0 Å². The van der Waals surface area contributed by atoms with Crippen molar-refractivity contribution in [3.05, 3.63) is 21.9 Å². The van der Waals surface area contributed by atoms with Gasteiger partial charge in [-0.05, 0) is 26.5 Å². The Bertz CT molecular complexity index is 371. The minimum Gasteiger partial charge on any atom is -0.320 e. The molecule has 0 fully saturated rings. The predicted molar refractivity (Wildman–Crippen MR) is 71.5 cm³/mol. The second kappa shape index (κ2) is 6.70. The topological polar surface area (TPSA) is 29.3 Å². The number of rotatable bonds is 4. The van der Waals surface area contributed by atoms with E-state index in [1.807, 2.05) is 0 Å². The van der Waals surface area contributed by atoms with Crippen molar-refractivity contribution in [1.29, 1.82) is 0 Å². The molecule has 2 N–H and O–H groups in total. The quantitative estimate of drug-likeness (QED) is 0.813. The standard InChI is InChI=1S/C13H20N2S/c1-4-15(11(2)3)9-13-8-12(10-16-13)6-5-7-14/h8,10-11H,4,7,9,14H2,1-3H3. The summed E-state index contributed by atoms with van der Waals surface area (Å²) in [6.07, 6.45) is 0. The van der Waals surface area contributed by atoms with Crippen molar-refractivity contribution < 1.29 is 0 Å². The third-order valence-corrected chi connectivity index (χ3v) is 3.41. The Morgan fingerprint density at radius 1 is 1.50 bits per heavy atom. The molecule has 0 saturated carbocycles. The molecule has 3 heteroatoms. The van der Waals surface area contributed by atoms with Gasteiger partial charge in [-0.1, -0.05) is 18.8 Å². The number of nitrogens with two attached hydrogens (primary N) is 1. The van der Waals surface area contributed by atoms with E-state index in [0.29, 0.717) is 12.6 Å². The van der Waals surface area contributed by atoms with Crippen molar-refractivity contribution in [1.82, 2.24) is 4.90 Å². The van der Waals surface area contributed by atoms with Crippen molar-refractivity contribution in [3.63, 3.8) is 0 Å². The molecule has 0 aliphatic heterocycles. The van der Waals surface area contributed by atoms with Crippen molar-refractivity contribution in [3.8, 4) is 11.8 Å². The van der Waals surface area contributed by atoms with E-state index in [4.69, 9.17) is 5.73 Å². The Morgan fingerprint density at radius 2 is 2.25 bits per heavy atom. The second-order valence-electron chi connectivity index (χ2n) is 3.96. The van der Waals surface area contributed by atoms with E-state index in [1.165, 1.54) is 4.88 Å². The zero-order valence-corrected chi connectivity index (χ0v) is 11.1. The van der Waals surface area contributed by atoms with Crippen LogP contribution in [0.5, 0.6) is 0 Å². The van der Waals surface area contributed by atoms with E-state index in [9.17, 15) is 0 Å². The van der Waals surface area contributed by atoms with E-state index >= 15 is 0 Å². The molecule has 2 nitrogen and oxygen atoms in total. The molecule has 0 aliphatic rings. The van der Waals surface area contributed by atoms with Crippen LogP contribution < -0.4 is 5.73 Å². The number of hydrogen-bond acceptors (Lipinski definition) is 3. The normalized spacial score (nSPS) is 10.6. The van der Waals surface area contributed by atoms with Gasteiger partial charge >= 0.3 is 0 Å². The lowest BCUT2D eigenvalue weighted by molar-refractivity contribution is 0.227. The van der Waals surface area contributed by atoms with Crippen LogP contribution in [0.1, 0.15) is 31.2 Å². The molecular weight excluding hydrogens is 216 g/mol. The van der Waals surface area contributed by atoms with Crippen molar-refractivity contribution in [2.75, 3.05) is 13.1 Å². The first-order valence-electron chi connectivity index (χ1n) is 5.67. The van der Waals surface area contributed by atoms with Gasteiger partial charge in [-0.3, -0.25) is 4.90 Å². The summed E-state index contributed by atoms with van der Waals surface area (Å²) in [6.45, 7) is 9.18. The maximum atomic E-state index is 5.35. The fourth-order valence-electron chi connectivity index (χ4n) is 1.54. The Labute approximate surface area is 102 Å². The van der Waals surface area contributed by atoms with E-state index in [-0.39, 0.29) is 0 Å². The van der Waals surface area contributed by atoms with Gasteiger partial charge in [-0.15, -0.1) is 11.3 Å². The fraction of sp³-hybridized carbons (Fsp3) is 0.538.